The molecule has 0 radical (unpaired) electrons. The highest BCUT2D eigenvalue weighted by Gasteiger charge is 2.08. The molecule has 0 aliphatic carbocycles. The lowest BCUT2D eigenvalue weighted by Crippen LogP contribution is -1.90. The molecule has 0 aliphatic rings. The van der Waals surface area contributed by atoms with Gasteiger partial charge in [-0.3, -0.25) is 10.1 Å². The van der Waals surface area contributed by atoms with Crippen LogP contribution in [0.1, 0.15) is 11.1 Å². The topological polar surface area (TPSA) is 66.9 Å². The predicted molar refractivity (Wildman–Crippen MR) is 45.7 cm³/mol. The summed E-state index contributed by atoms with van der Waals surface area (Å²) in [4.78, 5) is 9.74. The zero-order valence-electron chi connectivity index (χ0n) is 6.52. The Kier molecular flexibility index (Phi) is 2.28. The number of non-ortho nitro benzene ring substituents is 1. The van der Waals surface area contributed by atoms with E-state index in [1.165, 1.54) is 12.1 Å². The maximum Gasteiger partial charge on any atom is 0.270 e. The number of nitriles is 1. The van der Waals surface area contributed by atoms with E-state index in [4.69, 9.17) is 11.7 Å². The summed E-state index contributed by atoms with van der Waals surface area (Å²) in [5, 5.41) is 18.9. The highest BCUT2D eigenvalue weighted by Crippen LogP contribution is 2.16. The van der Waals surface area contributed by atoms with Gasteiger partial charge in [0.1, 0.15) is 6.07 Å². The second-order valence-corrected chi connectivity index (χ2v) is 2.24. The van der Waals surface area contributed by atoms with Crippen LogP contribution < -0.4 is 0 Å². The summed E-state index contributed by atoms with van der Waals surface area (Å²) in [6.07, 6.45) is 5.08. The van der Waals surface area contributed by atoms with E-state index in [-0.39, 0.29) is 11.3 Å². The van der Waals surface area contributed by atoms with Crippen LogP contribution in [-0.4, -0.2) is 4.92 Å². The number of nitro groups is 1. The van der Waals surface area contributed by atoms with Gasteiger partial charge >= 0.3 is 0 Å². The van der Waals surface area contributed by atoms with Gasteiger partial charge in [0.15, 0.2) is 0 Å². The van der Waals surface area contributed by atoms with Crippen molar-refractivity contribution in [1.29, 1.82) is 5.26 Å². The molecule has 0 aliphatic heterocycles. The molecule has 1 aromatic carbocycles. The van der Waals surface area contributed by atoms with Gasteiger partial charge in [0.25, 0.3) is 5.69 Å². The first-order chi connectivity index (χ1) is 6.19. The number of hydrogen-bond donors (Lipinski definition) is 0. The van der Waals surface area contributed by atoms with Crippen molar-refractivity contribution >= 4 is 5.69 Å². The number of terminal acetylenes is 1. The van der Waals surface area contributed by atoms with Crippen LogP contribution in [0.2, 0.25) is 0 Å². The van der Waals surface area contributed by atoms with Crippen molar-refractivity contribution in [3.63, 3.8) is 0 Å². The van der Waals surface area contributed by atoms with E-state index in [0.717, 1.165) is 6.07 Å². The first kappa shape index (κ1) is 8.76. The van der Waals surface area contributed by atoms with Crippen LogP contribution in [-0.2, 0) is 0 Å². The number of benzene rings is 1. The monoisotopic (exact) mass is 172 g/mol. The van der Waals surface area contributed by atoms with Gasteiger partial charge in [0.2, 0.25) is 0 Å². The molecule has 13 heavy (non-hydrogen) atoms. The molecule has 0 aromatic heterocycles. The van der Waals surface area contributed by atoms with E-state index in [9.17, 15) is 10.1 Å². The highest BCUT2D eigenvalue weighted by atomic mass is 16.6. The third-order valence-electron chi connectivity index (χ3n) is 1.49. The Morgan fingerprint density at radius 2 is 2.15 bits per heavy atom. The van der Waals surface area contributed by atoms with E-state index in [0.29, 0.717) is 5.56 Å². The molecule has 62 valence electrons. The fourth-order valence-electron chi connectivity index (χ4n) is 0.864. The zero-order chi connectivity index (χ0) is 9.84. The van der Waals surface area contributed by atoms with Crippen LogP contribution in [0, 0.1) is 33.8 Å². The Hall–Kier alpha value is -2.33. The molecular formula is C9H4N2O2. The summed E-state index contributed by atoms with van der Waals surface area (Å²) in [7, 11) is 0. The fraction of sp³-hybridized carbons (Fsp3) is 0. The average Bonchev–Trinajstić information content (AvgIpc) is 2.16. The molecule has 0 fully saturated rings. The molecule has 1 rings (SSSR count). The lowest BCUT2D eigenvalue weighted by atomic mass is 10.1. The Labute approximate surface area is 74.6 Å². The van der Waals surface area contributed by atoms with Crippen molar-refractivity contribution in [2.24, 2.45) is 0 Å². The molecule has 0 atom stereocenters. The third kappa shape index (κ3) is 1.63. The average molecular weight is 172 g/mol. The van der Waals surface area contributed by atoms with Crippen LogP contribution in [0.4, 0.5) is 5.69 Å². The number of hydrogen-bond acceptors (Lipinski definition) is 3. The summed E-state index contributed by atoms with van der Waals surface area (Å²) < 4.78 is 0. The molecule has 0 saturated carbocycles. The van der Waals surface area contributed by atoms with Gasteiger partial charge < -0.3 is 0 Å². The van der Waals surface area contributed by atoms with Gasteiger partial charge in [-0.15, -0.1) is 6.42 Å². The highest BCUT2D eigenvalue weighted by molar-refractivity contribution is 5.52. The second-order valence-electron chi connectivity index (χ2n) is 2.24. The van der Waals surface area contributed by atoms with Crippen LogP contribution in [0.5, 0.6) is 0 Å². The number of nitrogens with zero attached hydrogens (tertiary/aromatic N) is 2. The predicted octanol–water partition coefficient (Wildman–Crippen LogP) is 1.45. The largest absolute Gasteiger partial charge is 0.270 e. The maximum atomic E-state index is 10.3. The summed E-state index contributed by atoms with van der Waals surface area (Å²) >= 11 is 0. The molecule has 0 bridgehead atoms. The molecular weight excluding hydrogens is 168 g/mol. The van der Waals surface area contributed by atoms with E-state index in [1.807, 2.05) is 0 Å². The smallest absolute Gasteiger partial charge is 0.258 e. The van der Waals surface area contributed by atoms with Crippen LogP contribution in [0.15, 0.2) is 18.2 Å². The van der Waals surface area contributed by atoms with Gasteiger partial charge in [-0.05, 0) is 6.07 Å². The number of nitro benzene ring substituents is 1. The lowest BCUT2D eigenvalue weighted by Gasteiger charge is -1.94. The van der Waals surface area contributed by atoms with Crippen LogP contribution in [0.3, 0.4) is 0 Å². The SMILES string of the molecule is C#Cc1ccc([N+](=O)[O-])cc1C#N. The normalized spacial score (nSPS) is 8.46. The van der Waals surface area contributed by atoms with Crippen molar-refractivity contribution < 1.29 is 4.92 Å². The third-order valence-corrected chi connectivity index (χ3v) is 1.49. The van der Waals surface area contributed by atoms with Crippen molar-refractivity contribution in [2.45, 2.75) is 0 Å². The Morgan fingerprint density at radius 1 is 1.46 bits per heavy atom. The van der Waals surface area contributed by atoms with Crippen molar-refractivity contribution in [2.75, 3.05) is 0 Å². The minimum atomic E-state index is -0.568. The van der Waals surface area contributed by atoms with Crippen LogP contribution >= 0.6 is 0 Å². The quantitative estimate of drug-likeness (QED) is 0.365. The van der Waals surface area contributed by atoms with Gasteiger partial charge in [0.05, 0.1) is 10.5 Å². The molecule has 0 saturated heterocycles. The molecule has 0 N–H and O–H groups in total. The van der Waals surface area contributed by atoms with Crippen LogP contribution in [0.25, 0.3) is 0 Å². The first-order valence-electron chi connectivity index (χ1n) is 3.34. The summed E-state index contributed by atoms with van der Waals surface area (Å²) in [5.41, 5.74) is 0.389. The lowest BCUT2D eigenvalue weighted by molar-refractivity contribution is -0.384. The first-order valence-corrected chi connectivity index (χ1v) is 3.34. The minimum Gasteiger partial charge on any atom is -0.258 e. The molecule has 0 heterocycles. The van der Waals surface area contributed by atoms with Crippen molar-refractivity contribution in [1.82, 2.24) is 0 Å². The molecule has 1 aromatic rings. The zero-order valence-corrected chi connectivity index (χ0v) is 6.52. The molecule has 0 amide bonds. The van der Waals surface area contributed by atoms with Gasteiger partial charge in [-0.2, -0.15) is 5.26 Å². The fourth-order valence-corrected chi connectivity index (χ4v) is 0.864. The van der Waals surface area contributed by atoms with Gasteiger partial charge in [-0.25, -0.2) is 0 Å². The van der Waals surface area contributed by atoms with Crippen molar-refractivity contribution in [3.8, 4) is 18.4 Å². The maximum absolute atomic E-state index is 10.3. The van der Waals surface area contributed by atoms with Gasteiger partial charge in [0, 0.05) is 17.7 Å². The standard InChI is InChI=1S/C9H4N2O2/c1-2-7-3-4-9(11(12)13)5-8(7)6-10/h1,3-5H. The van der Waals surface area contributed by atoms with Crippen molar-refractivity contribution in [3.05, 3.63) is 39.4 Å². The second kappa shape index (κ2) is 3.38. The Bertz CT molecular complexity index is 438. The number of rotatable bonds is 1. The molecule has 0 spiro atoms. The minimum absolute atomic E-state index is 0.129. The Balaban J connectivity index is 3.33. The summed E-state index contributed by atoms with van der Waals surface area (Å²) in [5.74, 6) is 2.27. The van der Waals surface area contributed by atoms with Gasteiger partial charge in [-0.1, -0.05) is 5.92 Å². The molecule has 4 heteroatoms. The van der Waals surface area contributed by atoms with E-state index < -0.39 is 4.92 Å². The summed E-state index contributed by atoms with van der Waals surface area (Å²) in [6, 6.07) is 5.62. The summed E-state index contributed by atoms with van der Waals surface area (Å²) in [6.45, 7) is 0. The molecule has 0 unspecified atom stereocenters. The van der Waals surface area contributed by atoms with E-state index in [2.05, 4.69) is 5.92 Å². The van der Waals surface area contributed by atoms with E-state index in [1.54, 1.807) is 6.07 Å². The Morgan fingerprint density at radius 3 is 2.62 bits per heavy atom. The molecule has 4 nitrogen and oxygen atoms in total. The van der Waals surface area contributed by atoms with E-state index >= 15 is 0 Å².